The van der Waals surface area contributed by atoms with E-state index in [4.69, 9.17) is 16.0 Å². The molecule has 3 aromatic rings. The Labute approximate surface area is 120 Å². The Bertz CT molecular complexity index is 818. The summed E-state index contributed by atoms with van der Waals surface area (Å²) in [6, 6.07) is 12.4. The van der Waals surface area contributed by atoms with E-state index < -0.39 is 5.97 Å². The first-order valence-corrected chi connectivity index (χ1v) is 6.46. The van der Waals surface area contributed by atoms with Gasteiger partial charge in [0.1, 0.15) is 11.3 Å². The molecule has 0 amide bonds. The minimum absolute atomic E-state index is 0.232. The highest BCUT2D eigenvalue weighted by molar-refractivity contribution is 6.31. The predicted octanol–water partition coefficient (Wildman–Crippen LogP) is 4.76. The Morgan fingerprint density at radius 2 is 1.95 bits per heavy atom. The Balaban J connectivity index is 2.22. The van der Waals surface area contributed by atoms with Gasteiger partial charge in [0, 0.05) is 16.0 Å². The van der Waals surface area contributed by atoms with Crippen LogP contribution in [0.4, 0.5) is 0 Å². The van der Waals surface area contributed by atoms with Gasteiger partial charge in [0.15, 0.2) is 0 Å². The van der Waals surface area contributed by atoms with Crippen LogP contribution in [0, 0.1) is 6.92 Å². The number of aromatic carboxylic acids is 1. The van der Waals surface area contributed by atoms with Gasteiger partial charge in [-0.05, 0) is 37.3 Å². The summed E-state index contributed by atoms with van der Waals surface area (Å²) in [5.74, 6) is -0.443. The van der Waals surface area contributed by atoms with E-state index in [1.807, 2.05) is 13.0 Å². The molecule has 0 radical (unpaired) electrons. The van der Waals surface area contributed by atoms with Gasteiger partial charge in [-0.15, -0.1) is 0 Å². The Morgan fingerprint density at radius 1 is 1.15 bits per heavy atom. The molecule has 20 heavy (non-hydrogen) atoms. The van der Waals surface area contributed by atoms with Crippen molar-refractivity contribution in [3.63, 3.8) is 0 Å². The van der Waals surface area contributed by atoms with E-state index >= 15 is 0 Å². The van der Waals surface area contributed by atoms with Gasteiger partial charge in [-0.25, -0.2) is 4.79 Å². The molecule has 4 heteroatoms. The van der Waals surface area contributed by atoms with Crippen LogP contribution in [-0.2, 0) is 0 Å². The van der Waals surface area contributed by atoms with Gasteiger partial charge in [0.2, 0.25) is 0 Å². The molecule has 100 valence electrons. The molecule has 0 spiro atoms. The highest BCUT2D eigenvalue weighted by Gasteiger charge is 2.15. The second-order valence-corrected chi connectivity index (χ2v) is 5.08. The summed E-state index contributed by atoms with van der Waals surface area (Å²) in [6.45, 7) is 1.86. The van der Waals surface area contributed by atoms with Crippen LogP contribution in [0.15, 0.2) is 46.9 Å². The molecular formula is C16H11ClO3. The molecule has 0 unspecified atom stereocenters. The molecule has 0 saturated heterocycles. The van der Waals surface area contributed by atoms with Crippen LogP contribution in [0.3, 0.4) is 0 Å². The van der Waals surface area contributed by atoms with Crippen molar-refractivity contribution in [1.82, 2.24) is 0 Å². The fourth-order valence-electron chi connectivity index (χ4n) is 2.20. The number of fused-ring (bicyclic) bond motifs is 1. The molecule has 0 saturated carbocycles. The van der Waals surface area contributed by atoms with E-state index in [2.05, 4.69) is 0 Å². The van der Waals surface area contributed by atoms with Crippen LogP contribution in [0.25, 0.3) is 22.3 Å². The fraction of sp³-hybridized carbons (Fsp3) is 0.0625. The second-order valence-electron chi connectivity index (χ2n) is 4.65. The van der Waals surface area contributed by atoms with Gasteiger partial charge >= 0.3 is 5.97 Å². The first-order chi connectivity index (χ1) is 9.54. The van der Waals surface area contributed by atoms with Crippen molar-refractivity contribution in [2.45, 2.75) is 6.92 Å². The summed E-state index contributed by atoms with van der Waals surface area (Å²) in [7, 11) is 0. The van der Waals surface area contributed by atoms with E-state index in [9.17, 15) is 9.90 Å². The van der Waals surface area contributed by atoms with Crippen molar-refractivity contribution in [3.8, 4) is 11.3 Å². The minimum Gasteiger partial charge on any atom is -0.478 e. The SMILES string of the molecule is Cc1ccc(-c2cc3cc(Cl)ccc3o2)c(C(=O)O)c1. The van der Waals surface area contributed by atoms with Crippen molar-refractivity contribution in [2.75, 3.05) is 0 Å². The quantitative estimate of drug-likeness (QED) is 0.739. The van der Waals surface area contributed by atoms with E-state index in [1.54, 1.807) is 36.4 Å². The monoisotopic (exact) mass is 286 g/mol. The predicted molar refractivity (Wildman–Crippen MR) is 78.4 cm³/mol. The van der Waals surface area contributed by atoms with E-state index in [1.165, 1.54) is 0 Å². The zero-order valence-electron chi connectivity index (χ0n) is 10.7. The number of rotatable bonds is 2. The third kappa shape index (κ3) is 2.17. The summed E-state index contributed by atoms with van der Waals surface area (Å²) in [5.41, 5.74) is 2.37. The molecule has 0 aliphatic rings. The summed E-state index contributed by atoms with van der Waals surface area (Å²) in [6.07, 6.45) is 0. The normalized spacial score (nSPS) is 10.9. The van der Waals surface area contributed by atoms with Crippen LogP contribution >= 0.6 is 11.6 Å². The van der Waals surface area contributed by atoms with Crippen LogP contribution in [-0.4, -0.2) is 11.1 Å². The van der Waals surface area contributed by atoms with E-state index in [0.717, 1.165) is 10.9 Å². The third-order valence-corrected chi connectivity index (χ3v) is 3.38. The highest BCUT2D eigenvalue weighted by atomic mass is 35.5. The summed E-state index contributed by atoms with van der Waals surface area (Å²) < 4.78 is 5.72. The van der Waals surface area contributed by atoms with E-state index in [0.29, 0.717) is 21.9 Å². The molecule has 3 rings (SSSR count). The fourth-order valence-corrected chi connectivity index (χ4v) is 2.38. The van der Waals surface area contributed by atoms with Gasteiger partial charge in [-0.1, -0.05) is 29.3 Å². The first kappa shape index (κ1) is 12.8. The number of hydrogen-bond donors (Lipinski definition) is 1. The number of benzene rings is 2. The zero-order valence-corrected chi connectivity index (χ0v) is 11.4. The van der Waals surface area contributed by atoms with Gasteiger partial charge < -0.3 is 9.52 Å². The maximum atomic E-state index is 11.4. The number of carbonyl (C=O) groups is 1. The summed E-state index contributed by atoms with van der Waals surface area (Å²) in [4.78, 5) is 11.4. The molecule has 0 aliphatic carbocycles. The average molecular weight is 287 g/mol. The second kappa shape index (κ2) is 4.69. The van der Waals surface area contributed by atoms with Gasteiger partial charge in [-0.3, -0.25) is 0 Å². The lowest BCUT2D eigenvalue weighted by atomic mass is 10.0. The lowest BCUT2D eigenvalue weighted by molar-refractivity contribution is 0.0697. The summed E-state index contributed by atoms with van der Waals surface area (Å²) in [5, 5.41) is 10.8. The maximum absolute atomic E-state index is 11.4. The number of carboxylic acid groups (broad SMARTS) is 1. The molecular weight excluding hydrogens is 276 g/mol. The number of aryl methyl sites for hydroxylation is 1. The van der Waals surface area contributed by atoms with Crippen LogP contribution in [0.2, 0.25) is 5.02 Å². The molecule has 0 aliphatic heterocycles. The highest BCUT2D eigenvalue weighted by Crippen LogP contribution is 2.32. The van der Waals surface area contributed by atoms with Crippen molar-refractivity contribution in [2.24, 2.45) is 0 Å². The smallest absolute Gasteiger partial charge is 0.336 e. The van der Waals surface area contributed by atoms with Gasteiger partial charge in [0.05, 0.1) is 5.56 Å². The van der Waals surface area contributed by atoms with Crippen molar-refractivity contribution >= 4 is 28.5 Å². The lowest BCUT2D eigenvalue weighted by Crippen LogP contribution is -1.99. The summed E-state index contributed by atoms with van der Waals surface area (Å²) >= 11 is 5.94. The van der Waals surface area contributed by atoms with Crippen LogP contribution in [0.5, 0.6) is 0 Å². The third-order valence-electron chi connectivity index (χ3n) is 3.15. The standard InChI is InChI=1S/C16H11ClO3/c1-9-2-4-12(13(6-9)16(18)19)15-8-10-7-11(17)3-5-14(10)20-15/h2-8H,1H3,(H,18,19). The number of halogens is 1. The number of hydrogen-bond acceptors (Lipinski definition) is 2. The largest absolute Gasteiger partial charge is 0.478 e. The molecule has 0 bridgehead atoms. The topological polar surface area (TPSA) is 50.4 Å². The van der Waals surface area contributed by atoms with Crippen molar-refractivity contribution < 1.29 is 14.3 Å². The number of carboxylic acids is 1. The molecule has 1 aromatic heterocycles. The Kier molecular flexibility index (Phi) is 2.99. The molecule has 0 atom stereocenters. The van der Waals surface area contributed by atoms with Crippen LogP contribution < -0.4 is 0 Å². The van der Waals surface area contributed by atoms with Gasteiger partial charge in [0.25, 0.3) is 0 Å². The number of furan rings is 1. The van der Waals surface area contributed by atoms with Crippen molar-refractivity contribution in [3.05, 3.63) is 58.6 Å². The Morgan fingerprint density at radius 3 is 2.70 bits per heavy atom. The van der Waals surface area contributed by atoms with E-state index in [-0.39, 0.29) is 5.56 Å². The molecule has 3 nitrogen and oxygen atoms in total. The Hall–Kier alpha value is -2.26. The average Bonchev–Trinajstić information content (AvgIpc) is 2.81. The molecule has 2 aromatic carbocycles. The minimum atomic E-state index is -0.970. The first-order valence-electron chi connectivity index (χ1n) is 6.08. The van der Waals surface area contributed by atoms with Gasteiger partial charge in [-0.2, -0.15) is 0 Å². The molecule has 1 N–H and O–H groups in total. The zero-order chi connectivity index (χ0) is 14.3. The molecule has 1 heterocycles. The lowest BCUT2D eigenvalue weighted by Gasteiger charge is -2.04. The van der Waals surface area contributed by atoms with Crippen LogP contribution in [0.1, 0.15) is 15.9 Å². The van der Waals surface area contributed by atoms with Crippen molar-refractivity contribution in [1.29, 1.82) is 0 Å². The molecule has 0 fully saturated rings. The maximum Gasteiger partial charge on any atom is 0.336 e.